The van der Waals surface area contributed by atoms with Gasteiger partial charge in [0.25, 0.3) is 5.56 Å². The van der Waals surface area contributed by atoms with Gasteiger partial charge >= 0.3 is 11.8 Å². The van der Waals surface area contributed by atoms with Crippen molar-refractivity contribution in [1.82, 2.24) is 24.2 Å². The minimum absolute atomic E-state index is 0.153. The summed E-state index contributed by atoms with van der Waals surface area (Å²) >= 11 is 1.09. The van der Waals surface area contributed by atoms with Gasteiger partial charge in [-0.15, -0.1) is 4.80 Å². The summed E-state index contributed by atoms with van der Waals surface area (Å²) in [4.78, 5) is 55.1. The monoisotopic (exact) mass is 526 g/mol. The first-order valence-corrected chi connectivity index (χ1v) is 12.0. The summed E-state index contributed by atoms with van der Waals surface area (Å²) in [6.07, 6.45) is 2.06. The van der Waals surface area contributed by atoms with Gasteiger partial charge in [0, 0.05) is 12.6 Å². The number of nitrogens with zero attached hydrogens (tertiary/aromatic N) is 6. The third-order valence-electron chi connectivity index (χ3n) is 5.43. The Morgan fingerprint density at radius 2 is 1.76 bits per heavy atom. The molecule has 0 aliphatic rings. The normalized spacial score (nSPS) is 11.5. The average Bonchev–Trinajstić information content (AvgIpc) is 3.48. The number of para-hydroxylation sites is 1. The van der Waals surface area contributed by atoms with Crippen molar-refractivity contribution >= 4 is 33.4 Å². The van der Waals surface area contributed by atoms with Gasteiger partial charge in [0.2, 0.25) is 0 Å². The van der Waals surface area contributed by atoms with Crippen LogP contribution in [0.2, 0.25) is 0 Å². The molecule has 0 fully saturated rings. The second kappa shape index (κ2) is 9.65. The fourth-order valence-corrected chi connectivity index (χ4v) is 4.96. The summed E-state index contributed by atoms with van der Waals surface area (Å²) in [6.45, 7) is 6.28. The lowest BCUT2D eigenvalue weighted by molar-refractivity contribution is 0.0546. The Bertz CT molecular complexity index is 1610. The standard InChI is InChI=1S/C24H26N6O6S/c1-14-18-19(32)29(27(5)23(34)36-24(2,3)4)22(33)28(21(18)37-20(14)30-25-11-12-26-30)13-16(31)15-9-7-8-10-17(15)35-6/h7-12H,13H2,1-6H3. The minimum atomic E-state index is -0.907. The fraction of sp³-hybridized carbons (Fsp3) is 0.333. The summed E-state index contributed by atoms with van der Waals surface area (Å²) in [5.74, 6) is -0.0736. The van der Waals surface area contributed by atoms with Crippen molar-refractivity contribution in [3.63, 3.8) is 0 Å². The molecular formula is C24H26N6O6S. The molecule has 0 aliphatic heterocycles. The number of amides is 1. The number of ether oxygens (including phenoxy) is 2. The number of aromatic nitrogens is 5. The summed E-state index contributed by atoms with van der Waals surface area (Å²) < 4.78 is 12.5. The SMILES string of the molecule is COc1ccccc1C(=O)Cn1c(=O)n(N(C)C(=O)OC(C)(C)C)c(=O)c2c(C)c(-n3nccn3)sc21. The Labute approximate surface area is 215 Å². The van der Waals surface area contributed by atoms with Gasteiger partial charge in [0.1, 0.15) is 21.2 Å². The number of thiophene rings is 1. The lowest BCUT2D eigenvalue weighted by atomic mass is 10.1. The van der Waals surface area contributed by atoms with Crippen LogP contribution in [0.1, 0.15) is 36.7 Å². The zero-order valence-corrected chi connectivity index (χ0v) is 22.0. The van der Waals surface area contributed by atoms with E-state index in [1.807, 2.05) is 0 Å². The van der Waals surface area contributed by atoms with Crippen molar-refractivity contribution in [1.29, 1.82) is 0 Å². The first-order valence-electron chi connectivity index (χ1n) is 11.2. The predicted octanol–water partition coefficient (Wildman–Crippen LogP) is 2.51. The summed E-state index contributed by atoms with van der Waals surface area (Å²) in [5.41, 5.74) is -1.72. The van der Waals surface area contributed by atoms with Crippen LogP contribution < -0.4 is 21.0 Å². The van der Waals surface area contributed by atoms with E-state index in [2.05, 4.69) is 10.2 Å². The van der Waals surface area contributed by atoms with E-state index >= 15 is 0 Å². The zero-order chi connectivity index (χ0) is 27.1. The van der Waals surface area contributed by atoms with Crippen molar-refractivity contribution in [3.05, 3.63) is 68.6 Å². The zero-order valence-electron chi connectivity index (χ0n) is 21.2. The molecule has 3 aromatic heterocycles. The van der Waals surface area contributed by atoms with Crippen molar-refractivity contribution < 1.29 is 19.1 Å². The Morgan fingerprint density at radius 1 is 1.11 bits per heavy atom. The van der Waals surface area contributed by atoms with E-state index in [9.17, 15) is 19.2 Å². The number of methoxy groups -OCH3 is 1. The summed E-state index contributed by atoms with van der Waals surface area (Å²) in [5, 5.41) is 9.72. The molecule has 0 saturated carbocycles. The molecule has 13 heteroatoms. The number of benzene rings is 1. The molecule has 0 N–H and O–H groups in total. The lowest BCUT2D eigenvalue weighted by Crippen LogP contribution is -2.54. The number of carbonyl (C=O) groups is 2. The van der Waals surface area contributed by atoms with Crippen molar-refractivity contribution in [3.8, 4) is 10.8 Å². The van der Waals surface area contributed by atoms with E-state index in [1.54, 1.807) is 52.0 Å². The largest absolute Gasteiger partial charge is 0.496 e. The molecule has 1 aromatic carbocycles. The van der Waals surface area contributed by atoms with Crippen LogP contribution in [0.15, 0.2) is 46.2 Å². The molecule has 12 nitrogen and oxygen atoms in total. The topological polar surface area (TPSA) is 131 Å². The third-order valence-corrected chi connectivity index (χ3v) is 6.71. The highest BCUT2D eigenvalue weighted by molar-refractivity contribution is 7.21. The van der Waals surface area contributed by atoms with Gasteiger partial charge in [-0.2, -0.15) is 14.9 Å². The molecule has 4 rings (SSSR count). The number of Topliss-reactive ketones (excluding diaryl/α,β-unsaturated/α-hetero) is 1. The van der Waals surface area contributed by atoms with Gasteiger partial charge in [-0.05, 0) is 39.8 Å². The molecule has 4 aromatic rings. The predicted molar refractivity (Wildman–Crippen MR) is 138 cm³/mol. The van der Waals surface area contributed by atoms with Crippen LogP contribution >= 0.6 is 11.3 Å². The van der Waals surface area contributed by atoms with Crippen molar-refractivity contribution in [2.45, 2.75) is 39.8 Å². The van der Waals surface area contributed by atoms with Crippen LogP contribution in [0.25, 0.3) is 15.2 Å². The molecule has 0 radical (unpaired) electrons. The maximum Gasteiger partial charge on any atom is 0.429 e. The van der Waals surface area contributed by atoms with E-state index in [4.69, 9.17) is 9.47 Å². The number of rotatable bonds is 6. The lowest BCUT2D eigenvalue weighted by Gasteiger charge is -2.25. The summed E-state index contributed by atoms with van der Waals surface area (Å²) in [7, 11) is 2.70. The highest BCUT2D eigenvalue weighted by atomic mass is 32.1. The molecule has 0 bridgehead atoms. The molecule has 194 valence electrons. The van der Waals surface area contributed by atoms with Crippen LogP contribution in [-0.2, 0) is 11.3 Å². The van der Waals surface area contributed by atoms with Crippen LogP contribution in [0.4, 0.5) is 4.79 Å². The Morgan fingerprint density at radius 3 is 2.38 bits per heavy atom. The maximum absolute atomic E-state index is 13.7. The van der Waals surface area contributed by atoms with Crippen LogP contribution in [0.5, 0.6) is 5.75 Å². The maximum atomic E-state index is 13.7. The molecule has 0 spiro atoms. The Kier molecular flexibility index (Phi) is 6.74. The van der Waals surface area contributed by atoms with Crippen LogP contribution in [-0.4, -0.2) is 55.9 Å². The summed E-state index contributed by atoms with van der Waals surface area (Å²) in [6, 6.07) is 6.63. The van der Waals surface area contributed by atoms with Crippen LogP contribution in [0, 0.1) is 6.92 Å². The molecular weight excluding hydrogens is 500 g/mol. The van der Waals surface area contributed by atoms with Gasteiger partial charge in [-0.1, -0.05) is 23.5 Å². The fourth-order valence-electron chi connectivity index (χ4n) is 3.75. The second-order valence-electron chi connectivity index (χ2n) is 9.14. The van der Waals surface area contributed by atoms with Gasteiger partial charge < -0.3 is 9.47 Å². The number of hydrogen-bond acceptors (Lipinski definition) is 9. The highest BCUT2D eigenvalue weighted by Gasteiger charge is 2.28. The molecule has 3 heterocycles. The average molecular weight is 527 g/mol. The number of hydrogen-bond donors (Lipinski definition) is 0. The number of aryl methyl sites for hydroxylation is 1. The van der Waals surface area contributed by atoms with E-state index < -0.39 is 35.3 Å². The first-order chi connectivity index (χ1) is 17.4. The molecule has 0 atom stereocenters. The van der Waals surface area contributed by atoms with E-state index in [1.165, 1.54) is 31.3 Å². The quantitative estimate of drug-likeness (QED) is 0.350. The van der Waals surface area contributed by atoms with E-state index in [-0.39, 0.29) is 15.8 Å². The molecule has 0 saturated heterocycles. The molecule has 1 amide bonds. The molecule has 0 unspecified atom stereocenters. The smallest absolute Gasteiger partial charge is 0.429 e. The second-order valence-corrected chi connectivity index (χ2v) is 10.1. The van der Waals surface area contributed by atoms with Crippen molar-refractivity contribution in [2.24, 2.45) is 0 Å². The van der Waals surface area contributed by atoms with Gasteiger partial charge in [0.05, 0.1) is 37.0 Å². The van der Waals surface area contributed by atoms with Gasteiger partial charge in [-0.3, -0.25) is 14.2 Å². The number of ketones is 1. The minimum Gasteiger partial charge on any atom is -0.496 e. The van der Waals surface area contributed by atoms with Crippen LogP contribution in [0.3, 0.4) is 0 Å². The van der Waals surface area contributed by atoms with Gasteiger partial charge in [0.15, 0.2) is 5.78 Å². The number of carbonyl (C=O) groups excluding carboxylic acids is 2. The van der Waals surface area contributed by atoms with Gasteiger partial charge in [-0.25, -0.2) is 14.6 Å². The van der Waals surface area contributed by atoms with E-state index in [0.717, 1.165) is 20.9 Å². The Balaban J connectivity index is 1.96. The first kappa shape index (κ1) is 25.8. The number of fused-ring (bicyclic) bond motifs is 1. The van der Waals surface area contributed by atoms with Crippen molar-refractivity contribution in [2.75, 3.05) is 19.2 Å². The Hall–Kier alpha value is -4.26. The highest BCUT2D eigenvalue weighted by Crippen LogP contribution is 2.30. The third kappa shape index (κ3) is 4.77. The molecule has 37 heavy (non-hydrogen) atoms. The molecule has 0 aliphatic carbocycles. The van der Waals surface area contributed by atoms with E-state index in [0.29, 0.717) is 21.0 Å².